The molecule has 1 fully saturated rings. The van der Waals surface area contributed by atoms with E-state index < -0.39 is 34.9 Å². The Labute approximate surface area is 194 Å². The molecular weight excluding hydrogens is 474 g/mol. The maximum atomic E-state index is 12.6. The van der Waals surface area contributed by atoms with Gasteiger partial charge in [-0.3, -0.25) is 9.78 Å². The van der Waals surface area contributed by atoms with E-state index in [2.05, 4.69) is 20.9 Å². The number of aliphatic hydroxyl groups is 1. The van der Waals surface area contributed by atoms with E-state index in [0.717, 1.165) is 10.0 Å². The number of aromatic nitrogens is 1. The zero-order valence-corrected chi connectivity index (χ0v) is 19.1. The summed E-state index contributed by atoms with van der Waals surface area (Å²) in [5.74, 6) is -2.48. The number of aliphatic carboxylic acids is 1. The van der Waals surface area contributed by atoms with E-state index >= 15 is 0 Å². The number of ether oxygens (including phenoxy) is 2. The molecule has 2 aliphatic rings. The van der Waals surface area contributed by atoms with Crippen molar-refractivity contribution >= 4 is 21.9 Å². The van der Waals surface area contributed by atoms with Gasteiger partial charge in [0.25, 0.3) is 0 Å². The van der Waals surface area contributed by atoms with Crippen LogP contribution in [0.3, 0.4) is 0 Å². The molecule has 3 aromatic rings. The molecule has 5 rings (SSSR count). The first-order chi connectivity index (χ1) is 15.4. The number of pyridine rings is 1. The standard InChI is InChI=1S/C25H22BrNO5/c1-14-20(23(28)29)21(15-6-4-3-5-7-15)25(16-8-10-17(26)11-9-16)24(14,30)22-18(31-2)12-27-13-19(22)32-25/h3-14,20-21,30H,1-2H3,(H,28,29)/t14-,20+,21-,24-,25+/m1/s1. The van der Waals surface area contributed by atoms with E-state index in [9.17, 15) is 15.0 Å². The third-order valence-corrected chi connectivity index (χ3v) is 7.55. The molecule has 2 N–H and O–H groups in total. The molecule has 2 aromatic carbocycles. The van der Waals surface area contributed by atoms with Crippen LogP contribution in [0, 0.1) is 11.8 Å². The molecule has 6 nitrogen and oxygen atoms in total. The quantitative estimate of drug-likeness (QED) is 0.555. The van der Waals surface area contributed by atoms with Gasteiger partial charge in [-0.2, -0.15) is 0 Å². The molecule has 7 heteroatoms. The van der Waals surface area contributed by atoms with E-state index in [-0.39, 0.29) is 0 Å². The summed E-state index contributed by atoms with van der Waals surface area (Å²) in [5.41, 5.74) is -1.16. The highest BCUT2D eigenvalue weighted by Crippen LogP contribution is 2.71. The summed E-state index contributed by atoms with van der Waals surface area (Å²) < 4.78 is 13.1. The highest BCUT2D eigenvalue weighted by molar-refractivity contribution is 9.10. The van der Waals surface area contributed by atoms with Crippen molar-refractivity contribution in [3.8, 4) is 11.5 Å². The average molecular weight is 496 g/mol. The Morgan fingerprint density at radius 3 is 2.44 bits per heavy atom. The van der Waals surface area contributed by atoms with Crippen molar-refractivity contribution in [1.29, 1.82) is 0 Å². The number of carbonyl (C=O) groups is 1. The third kappa shape index (κ3) is 2.55. The molecule has 5 atom stereocenters. The Balaban J connectivity index is 1.89. The summed E-state index contributed by atoms with van der Waals surface area (Å²) in [4.78, 5) is 16.9. The molecule has 0 radical (unpaired) electrons. The van der Waals surface area contributed by atoms with Gasteiger partial charge in [-0.25, -0.2) is 0 Å². The smallest absolute Gasteiger partial charge is 0.307 e. The Kier molecular flexibility index (Phi) is 4.80. The van der Waals surface area contributed by atoms with Crippen LogP contribution in [-0.2, 0) is 16.0 Å². The summed E-state index contributed by atoms with van der Waals surface area (Å²) in [6.45, 7) is 1.77. The van der Waals surface area contributed by atoms with Gasteiger partial charge in [0, 0.05) is 16.3 Å². The summed E-state index contributed by atoms with van der Waals surface area (Å²) in [6, 6.07) is 16.9. The van der Waals surface area contributed by atoms with Crippen LogP contribution in [-0.4, -0.2) is 28.3 Å². The normalized spacial score (nSPS) is 30.3. The fourth-order valence-electron chi connectivity index (χ4n) is 5.75. The number of benzene rings is 2. The predicted molar refractivity (Wildman–Crippen MR) is 121 cm³/mol. The van der Waals surface area contributed by atoms with Crippen LogP contribution in [0.15, 0.2) is 71.5 Å². The fraction of sp³-hybridized carbons (Fsp3) is 0.280. The number of carboxylic acids is 1. The summed E-state index contributed by atoms with van der Waals surface area (Å²) in [6.07, 6.45) is 3.08. The van der Waals surface area contributed by atoms with Gasteiger partial charge in [-0.1, -0.05) is 65.3 Å². The predicted octanol–water partition coefficient (Wildman–Crippen LogP) is 4.46. The van der Waals surface area contributed by atoms with Gasteiger partial charge < -0.3 is 19.7 Å². The van der Waals surface area contributed by atoms with E-state index in [1.807, 2.05) is 54.6 Å². The number of halogens is 1. The second kappa shape index (κ2) is 7.32. The highest BCUT2D eigenvalue weighted by atomic mass is 79.9. The van der Waals surface area contributed by atoms with Crippen LogP contribution in [0.2, 0.25) is 0 Å². The van der Waals surface area contributed by atoms with Crippen LogP contribution >= 0.6 is 15.9 Å². The lowest BCUT2D eigenvalue weighted by molar-refractivity contribution is -0.145. The number of nitrogens with zero attached hydrogens (tertiary/aromatic N) is 1. The second-order valence-corrected chi connectivity index (χ2v) is 9.28. The molecule has 164 valence electrons. The lowest BCUT2D eigenvalue weighted by atomic mass is 9.70. The lowest BCUT2D eigenvalue weighted by Crippen LogP contribution is -2.50. The third-order valence-electron chi connectivity index (χ3n) is 7.03. The van der Waals surface area contributed by atoms with Gasteiger partial charge in [0.05, 0.1) is 31.0 Å². The number of hydrogen-bond donors (Lipinski definition) is 2. The number of methoxy groups -OCH3 is 1. The Morgan fingerprint density at radius 2 is 1.81 bits per heavy atom. The average Bonchev–Trinajstić information content (AvgIpc) is 3.18. The first kappa shape index (κ1) is 21.0. The van der Waals surface area contributed by atoms with Crippen LogP contribution in [0.4, 0.5) is 0 Å². The molecule has 1 aliphatic heterocycles. The van der Waals surface area contributed by atoms with Crippen molar-refractivity contribution < 1.29 is 24.5 Å². The van der Waals surface area contributed by atoms with Gasteiger partial charge in [0.2, 0.25) is 0 Å². The maximum absolute atomic E-state index is 12.6. The minimum absolute atomic E-state index is 0.369. The number of fused-ring (bicyclic) bond motifs is 3. The zero-order valence-electron chi connectivity index (χ0n) is 17.5. The summed E-state index contributed by atoms with van der Waals surface area (Å²) >= 11 is 3.47. The van der Waals surface area contributed by atoms with E-state index in [1.54, 1.807) is 13.1 Å². The molecule has 0 spiro atoms. The lowest BCUT2D eigenvalue weighted by Gasteiger charge is -2.41. The molecule has 1 aliphatic carbocycles. The van der Waals surface area contributed by atoms with E-state index in [0.29, 0.717) is 22.6 Å². The van der Waals surface area contributed by atoms with Gasteiger partial charge in [0.1, 0.15) is 17.1 Å². The fourth-order valence-corrected chi connectivity index (χ4v) is 6.01. The molecule has 0 amide bonds. The molecule has 2 heterocycles. The largest absolute Gasteiger partial charge is 0.495 e. The Hall–Kier alpha value is -2.90. The molecule has 1 aromatic heterocycles. The van der Waals surface area contributed by atoms with Crippen molar-refractivity contribution in [3.63, 3.8) is 0 Å². The Bertz CT molecular complexity index is 1180. The van der Waals surface area contributed by atoms with Gasteiger partial charge in [-0.05, 0) is 23.3 Å². The van der Waals surface area contributed by atoms with Crippen LogP contribution in [0.1, 0.15) is 29.5 Å². The van der Waals surface area contributed by atoms with Gasteiger partial charge in [-0.15, -0.1) is 0 Å². The van der Waals surface area contributed by atoms with E-state index in [4.69, 9.17) is 9.47 Å². The number of hydrogen-bond acceptors (Lipinski definition) is 5. The SMILES string of the molecule is COc1cncc2c1[C@]1(O)[C@H](C)[C@H](C(=O)O)[C@@H](c3ccccc3)[C@]1(c1ccc(Br)cc1)O2. The topological polar surface area (TPSA) is 88.9 Å². The van der Waals surface area contributed by atoms with Crippen molar-refractivity contribution in [2.45, 2.75) is 24.0 Å². The molecular formula is C25H22BrNO5. The maximum Gasteiger partial charge on any atom is 0.307 e. The second-order valence-electron chi connectivity index (χ2n) is 8.37. The Morgan fingerprint density at radius 1 is 1.12 bits per heavy atom. The van der Waals surface area contributed by atoms with Gasteiger partial charge >= 0.3 is 5.97 Å². The van der Waals surface area contributed by atoms with Crippen LogP contribution in [0.5, 0.6) is 11.5 Å². The van der Waals surface area contributed by atoms with Crippen molar-refractivity contribution in [2.75, 3.05) is 7.11 Å². The summed E-state index contributed by atoms with van der Waals surface area (Å²) in [5, 5.41) is 22.9. The van der Waals surface area contributed by atoms with Crippen molar-refractivity contribution in [2.24, 2.45) is 11.8 Å². The molecule has 1 saturated carbocycles. The molecule has 0 saturated heterocycles. The van der Waals surface area contributed by atoms with Gasteiger partial charge in [0.15, 0.2) is 5.60 Å². The van der Waals surface area contributed by atoms with Crippen molar-refractivity contribution in [3.05, 3.63) is 88.2 Å². The van der Waals surface area contributed by atoms with Crippen LogP contribution < -0.4 is 9.47 Å². The van der Waals surface area contributed by atoms with Crippen LogP contribution in [0.25, 0.3) is 0 Å². The first-order valence-electron chi connectivity index (χ1n) is 10.3. The van der Waals surface area contributed by atoms with Crippen molar-refractivity contribution in [1.82, 2.24) is 4.98 Å². The molecule has 0 unspecified atom stereocenters. The molecule has 32 heavy (non-hydrogen) atoms. The first-order valence-corrected chi connectivity index (χ1v) is 11.1. The number of rotatable bonds is 4. The highest BCUT2D eigenvalue weighted by Gasteiger charge is 2.76. The molecule has 0 bridgehead atoms. The minimum Gasteiger partial charge on any atom is -0.495 e. The summed E-state index contributed by atoms with van der Waals surface area (Å²) in [7, 11) is 1.50. The minimum atomic E-state index is -1.67. The zero-order chi connectivity index (χ0) is 22.7. The van der Waals surface area contributed by atoms with E-state index in [1.165, 1.54) is 13.3 Å². The monoisotopic (exact) mass is 495 g/mol. The number of carboxylic acid groups (broad SMARTS) is 1.